The van der Waals surface area contributed by atoms with Gasteiger partial charge in [-0.25, -0.2) is 4.79 Å². The summed E-state index contributed by atoms with van der Waals surface area (Å²) in [6.45, 7) is 3.93. The predicted molar refractivity (Wildman–Crippen MR) is 114 cm³/mol. The maximum absolute atomic E-state index is 12.4. The first-order chi connectivity index (χ1) is 15.5. The van der Waals surface area contributed by atoms with Crippen LogP contribution in [0.5, 0.6) is 5.75 Å². The highest BCUT2D eigenvalue weighted by atomic mass is 32.2. The summed E-state index contributed by atoms with van der Waals surface area (Å²) in [4.78, 5) is 39.6. The van der Waals surface area contributed by atoms with Gasteiger partial charge in [0.2, 0.25) is 11.8 Å². The Bertz CT molecular complexity index is 927. The van der Waals surface area contributed by atoms with Crippen LogP contribution in [0.15, 0.2) is 33.9 Å². The zero-order chi connectivity index (χ0) is 22.9. The molecule has 1 fully saturated rings. The minimum Gasteiger partial charge on any atom is -0.497 e. The molecular formula is C20H25N5O6S. The maximum atomic E-state index is 12.4. The molecule has 2 heterocycles. The molecule has 2 aromatic rings. The van der Waals surface area contributed by atoms with E-state index in [4.69, 9.17) is 13.9 Å². The van der Waals surface area contributed by atoms with Crippen molar-refractivity contribution in [2.45, 2.75) is 18.7 Å². The average Bonchev–Trinajstić information content (AvgIpc) is 3.29. The minimum atomic E-state index is -0.355. The molecule has 1 N–H and O–H groups in total. The van der Waals surface area contributed by atoms with Crippen molar-refractivity contribution >= 4 is 29.7 Å². The number of methoxy groups -OCH3 is 1. The molecule has 0 bridgehead atoms. The monoisotopic (exact) mass is 463 g/mol. The van der Waals surface area contributed by atoms with Crippen molar-refractivity contribution < 1.29 is 28.3 Å². The van der Waals surface area contributed by atoms with E-state index in [9.17, 15) is 14.4 Å². The molecule has 1 aromatic carbocycles. The van der Waals surface area contributed by atoms with Gasteiger partial charge in [-0.05, 0) is 31.2 Å². The number of amides is 3. The van der Waals surface area contributed by atoms with Crippen LogP contribution in [0.4, 0.5) is 4.79 Å². The topological polar surface area (TPSA) is 127 Å². The molecule has 172 valence electrons. The molecule has 12 heteroatoms. The van der Waals surface area contributed by atoms with Crippen molar-refractivity contribution in [2.24, 2.45) is 0 Å². The van der Waals surface area contributed by atoms with E-state index in [2.05, 4.69) is 15.5 Å². The lowest BCUT2D eigenvalue weighted by Gasteiger charge is -2.33. The highest BCUT2D eigenvalue weighted by molar-refractivity contribution is 7.99. The Morgan fingerprint density at radius 2 is 1.78 bits per heavy atom. The molecule has 11 nitrogen and oxygen atoms in total. The number of piperazine rings is 1. The highest BCUT2D eigenvalue weighted by Gasteiger charge is 2.25. The lowest BCUT2D eigenvalue weighted by Crippen LogP contribution is -2.51. The summed E-state index contributed by atoms with van der Waals surface area (Å²) in [7, 11) is 1.56. The van der Waals surface area contributed by atoms with Crippen LogP contribution < -0.4 is 10.1 Å². The molecule has 0 radical (unpaired) electrons. The van der Waals surface area contributed by atoms with Crippen LogP contribution in [0.2, 0.25) is 0 Å². The zero-order valence-corrected chi connectivity index (χ0v) is 18.7. The number of ether oxygens (including phenoxy) is 2. The second-order valence-corrected chi connectivity index (χ2v) is 7.65. The predicted octanol–water partition coefficient (Wildman–Crippen LogP) is 1.40. The second-order valence-electron chi connectivity index (χ2n) is 6.73. The van der Waals surface area contributed by atoms with E-state index in [-0.39, 0.29) is 41.3 Å². The molecule has 0 unspecified atom stereocenters. The number of nitrogens with one attached hydrogen (secondary N) is 1. The molecule has 1 aliphatic rings. The smallest absolute Gasteiger partial charge is 0.409 e. The number of rotatable bonds is 8. The fourth-order valence-electron chi connectivity index (χ4n) is 2.94. The maximum Gasteiger partial charge on any atom is 0.409 e. The van der Waals surface area contributed by atoms with Gasteiger partial charge in [-0.1, -0.05) is 11.8 Å². The third-order valence-electron chi connectivity index (χ3n) is 4.68. The number of nitrogens with zero attached hydrogens (tertiary/aromatic N) is 4. The van der Waals surface area contributed by atoms with Crippen LogP contribution in [0, 0.1) is 0 Å². The van der Waals surface area contributed by atoms with Crippen LogP contribution in [0.1, 0.15) is 23.2 Å². The van der Waals surface area contributed by atoms with Crippen molar-refractivity contribution in [2.75, 3.05) is 45.6 Å². The molecule has 0 atom stereocenters. The Kier molecular flexibility index (Phi) is 8.31. The molecule has 0 spiro atoms. The number of hydrogen-bond donors (Lipinski definition) is 1. The van der Waals surface area contributed by atoms with Crippen molar-refractivity contribution in [3.63, 3.8) is 0 Å². The van der Waals surface area contributed by atoms with Crippen molar-refractivity contribution in [3.8, 4) is 5.75 Å². The number of thioether (sulfide) groups is 1. The zero-order valence-electron chi connectivity index (χ0n) is 17.9. The summed E-state index contributed by atoms with van der Waals surface area (Å²) in [6.07, 6.45) is -0.355. The van der Waals surface area contributed by atoms with Gasteiger partial charge in [0, 0.05) is 31.7 Å². The molecule has 32 heavy (non-hydrogen) atoms. The lowest BCUT2D eigenvalue weighted by molar-refractivity contribution is -0.129. The largest absolute Gasteiger partial charge is 0.497 e. The van der Waals surface area contributed by atoms with Crippen molar-refractivity contribution in [1.29, 1.82) is 0 Å². The van der Waals surface area contributed by atoms with E-state index >= 15 is 0 Å². The van der Waals surface area contributed by atoms with Crippen LogP contribution in [0.25, 0.3) is 0 Å². The Morgan fingerprint density at radius 1 is 1.09 bits per heavy atom. The van der Waals surface area contributed by atoms with Gasteiger partial charge in [0.25, 0.3) is 11.1 Å². The molecule has 0 saturated carbocycles. The number of hydrogen-bond acceptors (Lipinski definition) is 9. The molecule has 1 saturated heterocycles. The molecule has 1 aliphatic heterocycles. The first-order valence-electron chi connectivity index (χ1n) is 10.1. The van der Waals surface area contributed by atoms with Gasteiger partial charge in [0.1, 0.15) is 5.75 Å². The number of aromatic nitrogens is 2. The quantitative estimate of drug-likeness (QED) is 0.578. The molecule has 0 aliphatic carbocycles. The van der Waals surface area contributed by atoms with Crippen molar-refractivity contribution in [3.05, 3.63) is 35.7 Å². The summed E-state index contributed by atoms with van der Waals surface area (Å²) in [5, 5.41) is 10.7. The fourth-order valence-corrected chi connectivity index (χ4v) is 3.62. The standard InChI is InChI=1S/C20H25N5O6S/c1-3-30-20(28)25-10-8-24(9-11-25)17(26)13-32-19-23-22-16(31-19)12-21-18(27)14-4-6-15(29-2)7-5-14/h4-7H,3,8-13H2,1-2H3,(H,21,27). The summed E-state index contributed by atoms with van der Waals surface area (Å²) < 4.78 is 15.5. The van der Waals surface area contributed by atoms with Gasteiger partial charge in [0.05, 0.1) is 26.0 Å². The van der Waals surface area contributed by atoms with E-state index < -0.39 is 0 Å². The lowest BCUT2D eigenvalue weighted by atomic mass is 10.2. The normalized spacial score (nSPS) is 13.6. The van der Waals surface area contributed by atoms with Gasteiger partial charge >= 0.3 is 6.09 Å². The van der Waals surface area contributed by atoms with Crippen LogP contribution in [-0.4, -0.2) is 83.6 Å². The summed E-state index contributed by atoms with van der Waals surface area (Å²) in [5.74, 6) is 0.683. The van der Waals surface area contributed by atoms with E-state index in [0.29, 0.717) is 44.1 Å². The third-order valence-corrected chi connectivity index (χ3v) is 5.48. The molecule has 3 rings (SSSR count). The third kappa shape index (κ3) is 6.36. The summed E-state index contributed by atoms with van der Waals surface area (Å²) in [5.41, 5.74) is 0.480. The van der Waals surface area contributed by atoms with Crippen LogP contribution in [0.3, 0.4) is 0 Å². The van der Waals surface area contributed by atoms with Gasteiger partial charge in [-0.2, -0.15) is 0 Å². The van der Waals surface area contributed by atoms with E-state index in [1.807, 2.05) is 0 Å². The Hall–Kier alpha value is -3.28. The SMILES string of the molecule is CCOC(=O)N1CCN(C(=O)CSc2nnc(CNC(=O)c3ccc(OC)cc3)o2)CC1. The fraction of sp³-hybridized carbons (Fsp3) is 0.450. The van der Waals surface area contributed by atoms with E-state index in [0.717, 1.165) is 11.8 Å². The number of benzene rings is 1. The number of carbonyl (C=O) groups excluding carboxylic acids is 3. The highest BCUT2D eigenvalue weighted by Crippen LogP contribution is 2.17. The second kappa shape index (κ2) is 11.4. The first kappa shape index (κ1) is 23.4. The van der Waals surface area contributed by atoms with Gasteiger partial charge < -0.3 is 29.0 Å². The molecular weight excluding hydrogens is 438 g/mol. The Labute approximate surface area is 189 Å². The van der Waals surface area contributed by atoms with Crippen LogP contribution >= 0.6 is 11.8 Å². The van der Waals surface area contributed by atoms with Gasteiger partial charge in [-0.3, -0.25) is 9.59 Å². The minimum absolute atomic E-state index is 0.0716. The summed E-state index contributed by atoms with van der Waals surface area (Å²) >= 11 is 1.13. The average molecular weight is 464 g/mol. The van der Waals surface area contributed by atoms with Gasteiger partial charge in [0.15, 0.2) is 0 Å². The Morgan fingerprint density at radius 3 is 2.44 bits per heavy atom. The first-order valence-corrected chi connectivity index (χ1v) is 11.1. The summed E-state index contributed by atoms with van der Waals surface area (Å²) in [6, 6.07) is 6.71. The Balaban J connectivity index is 1.40. The van der Waals surface area contributed by atoms with Crippen molar-refractivity contribution in [1.82, 2.24) is 25.3 Å². The number of carbonyl (C=O) groups is 3. The van der Waals surface area contributed by atoms with E-state index in [1.165, 1.54) is 0 Å². The molecule has 1 aromatic heterocycles. The van der Waals surface area contributed by atoms with Crippen LogP contribution in [-0.2, 0) is 16.1 Å². The van der Waals surface area contributed by atoms with Gasteiger partial charge in [-0.15, -0.1) is 10.2 Å². The molecule has 3 amide bonds. The van der Waals surface area contributed by atoms with E-state index in [1.54, 1.807) is 48.1 Å².